The van der Waals surface area contributed by atoms with E-state index in [0.717, 1.165) is 11.1 Å². The normalized spacial score (nSPS) is 14.6. The number of carbonyl (C=O) groups excluding carboxylic acids is 2. The molecule has 0 unspecified atom stereocenters. The van der Waals surface area contributed by atoms with Crippen LogP contribution in [0.5, 0.6) is 0 Å². The molecule has 3 rings (SSSR count). The molecule has 0 bridgehead atoms. The zero-order valence-corrected chi connectivity index (χ0v) is 14.9. The quantitative estimate of drug-likeness (QED) is 0.852. The molecule has 0 atom stereocenters. The molecule has 0 saturated carbocycles. The molecule has 0 spiro atoms. The summed E-state index contributed by atoms with van der Waals surface area (Å²) in [6, 6.07) is 10.0. The van der Waals surface area contributed by atoms with E-state index >= 15 is 0 Å². The van der Waals surface area contributed by atoms with Gasteiger partial charge in [0.15, 0.2) is 0 Å². The van der Waals surface area contributed by atoms with Gasteiger partial charge in [0.2, 0.25) is 11.8 Å². The molecule has 0 aliphatic carbocycles. The fourth-order valence-corrected chi connectivity index (χ4v) is 3.15. The fraction of sp³-hybridized carbons (Fsp3) is 0.400. The molecule has 1 aromatic carbocycles. The van der Waals surface area contributed by atoms with Crippen LogP contribution < -0.4 is 0 Å². The van der Waals surface area contributed by atoms with Crippen molar-refractivity contribution in [1.82, 2.24) is 14.4 Å². The van der Waals surface area contributed by atoms with Gasteiger partial charge in [0.1, 0.15) is 0 Å². The van der Waals surface area contributed by atoms with Crippen molar-refractivity contribution in [3.8, 4) is 0 Å². The van der Waals surface area contributed by atoms with Crippen molar-refractivity contribution in [2.75, 3.05) is 26.2 Å². The summed E-state index contributed by atoms with van der Waals surface area (Å²) in [4.78, 5) is 28.6. The SMILES string of the molecule is Cc1ccc(CC(=O)N2CCN(C(=O)Cc3ccn(C)c3)CC2)cc1. The molecule has 132 valence electrons. The number of carbonyl (C=O) groups is 2. The highest BCUT2D eigenvalue weighted by atomic mass is 16.2. The monoisotopic (exact) mass is 339 g/mol. The Balaban J connectivity index is 1.48. The predicted octanol–water partition coefficient (Wildman–Crippen LogP) is 1.79. The topological polar surface area (TPSA) is 45.6 Å². The lowest BCUT2D eigenvalue weighted by atomic mass is 10.1. The second-order valence-electron chi connectivity index (χ2n) is 6.79. The molecule has 25 heavy (non-hydrogen) atoms. The zero-order valence-electron chi connectivity index (χ0n) is 14.9. The summed E-state index contributed by atoms with van der Waals surface area (Å²) in [6.07, 6.45) is 4.78. The summed E-state index contributed by atoms with van der Waals surface area (Å²) in [6.45, 7) is 4.50. The van der Waals surface area contributed by atoms with Crippen LogP contribution >= 0.6 is 0 Å². The lowest BCUT2D eigenvalue weighted by Crippen LogP contribution is -2.51. The lowest BCUT2D eigenvalue weighted by molar-refractivity contribution is -0.138. The highest BCUT2D eigenvalue weighted by Gasteiger charge is 2.24. The Morgan fingerprint density at radius 3 is 1.84 bits per heavy atom. The smallest absolute Gasteiger partial charge is 0.227 e. The zero-order chi connectivity index (χ0) is 17.8. The molecule has 0 N–H and O–H groups in total. The Hall–Kier alpha value is -2.56. The number of amides is 2. The van der Waals surface area contributed by atoms with E-state index in [0.29, 0.717) is 39.0 Å². The van der Waals surface area contributed by atoms with Gasteiger partial charge in [-0.15, -0.1) is 0 Å². The molecule has 1 aliphatic rings. The number of piperazine rings is 1. The van der Waals surface area contributed by atoms with Gasteiger partial charge < -0.3 is 14.4 Å². The van der Waals surface area contributed by atoms with Crippen molar-refractivity contribution in [3.63, 3.8) is 0 Å². The van der Waals surface area contributed by atoms with Crippen molar-refractivity contribution in [1.29, 1.82) is 0 Å². The Labute approximate surface area is 148 Å². The van der Waals surface area contributed by atoms with E-state index in [4.69, 9.17) is 0 Å². The number of rotatable bonds is 4. The molecule has 1 saturated heterocycles. The van der Waals surface area contributed by atoms with Crippen LogP contribution in [0.4, 0.5) is 0 Å². The average molecular weight is 339 g/mol. The number of benzene rings is 1. The largest absolute Gasteiger partial charge is 0.357 e. The van der Waals surface area contributed by atoms with Crippen LogP contribution in [0.15, 0.2) is 42.7 Å². The van der Waals surface area contributed by atoms with Gasteiger partial charge in [-0.3, -0.25) is 9.59 Å². The van der Waals surface area contributed by atoms with Crippen molar-refractivity contribution in [2.24, 2.45) is 7.05 Å². The summed E-state index contributed by atoms with van der Waals surface area (Å²) in [7, 11) is 1.95. The van der Waals surface area contributed by atoms with E-state index < -0.39 is 0 Å². The van der Waals surface area contributed by atoms with E-state index in [9.17, 15) is 9.59 Å². The molecule has 0 radical (unpaired) electrons. The van der Waals surface area contributed by atoms with E-state index in [1.54, 1.807) is 0 Å². The van der Waals surface area contributed by atoms with Crippen LogP contribution in [0.3, 0.4) is 0 Å². The number of aromatic nitrogens is 1. The van der Waals surface area contributed by atoms with Crippen molar-refractivity contribution in [2.45, 2.75) is 19.8 Å². The average Bonchev–Trinajstić information content (AvgIpc) is 3.02. The van der Waals surface area contributed by atoms with Crippen LogP contribution in [-0.2, 0) is 29.5 Å². The first-order chi connectivity index (χ1) is 12.0. The first-order valence-electron chi connectivity index (χ1n) is 8.73. The summed E-state index contributed by atoms with van der Waals surface area (Å²) < 4.78 is 1.95. The van der Waals surface area contributed by atoms with Crippen molar-refractivity contribution >= 4 is 11.8 Å². The minimum absolute atomic E-state index is 0.136. The van der Waals surface area contributed by atoms with E-state index in [-0.39, 0.29) is 11.8 Å². The second kappa shape index (κ2) is 7.55. The molecule has 2 heterocycles. The summed E-state index contributed by atoms with van der Waals surface area (Å²) in [5.41, 5.74) is 3.27. The lowest BCUT2D eigenvalue weighted by Gasteiger charge is -2.35. The minimum atomic E-state index is 0.136. The Morgan fingerprint density at radius 2 is 1.36 bits per heavy atom. The number of hydrogen-bond acceptors (Lipinski definition) is 2. The highest BCUT2D eigenvalue weighted by molar-refractivity contribution is 5.81. The van der Waals surface area contributed by atoms with Crippen LogP contribution in [0, 0.1) is 6.92 Å². The highest BCUT2D eigenvalue weighted by Crippen LogP contribution is 2.10. The van der Waals surface area contributed by atoms with Gasteiger partial charge in [-0.1, -0.05) is 29.8 Å². The van der Waals surface area contributed by atoms with Crippen LogP contribution in [0.2, 0.25) is 0 Å². The van der Waals surface area contributed by atoms with E-state index in [2.05, 4.69) is 0 Å². The van der Waals surface area contributed by atoms with Gasteiger partial charge in [-0.25, -0.2) is 0 Å². The molecule has 1 fully saturated rings. The number of nitrogens with zero attached hydrogens (tertiary/aromatic N) is 3. The molecule has 2 aromatic rings. The van der Waals surface area contributed by atoms with Gasteiger partial charge in [-0.05, 0) is 24.1 Å². The maximum atomic E-state index is 12.4. The maximum absolute atomic E-state index is 12.4. The molecular weight excluding hydrogens is 314 g/mol. The predicted molar refractivity (Wildman–Crippen MR) is 97.2 cm³/mol. The fourth-order valence-electron chi connectivity index (χ4n) is 3.15. The van der Waals surface area contributed by atoms with Gasteiger partial charge in [0, 0.05) is 45.6 Å². The third-order valence-corrected chi connectivity index (χ3v) is 4.71. The Kier molecular flexibility index (Phi) is 5.22. The van der Waals surface area contributed by atoms with E-state index in [1.807, 2.05) is 71.1 Å². The standard InChI is InChI=1S/C20H25N3O2/c1-16-3-5-17(6-4-16)13-19(24)22-9-11-23(12-10-22)20(25)14-18-7-8-21(2)15-18/h3-8,15H,9-14H2,1-2H3. The maximum Gasteiger partial charge on any atom is 0.227 e. The minimum Gasteiger partial charge on any atom is -0.357 e. The number of hydrogen-bond donors (Lipinski definition) is 0. The van der Waals surface area contributed by atoms with Crippen LogP contribution in [-0.4, -0.2) is 52.4 Å². The summed E-state index contributed by atoms with van der Waals surface area (Å²) in [5.74, 6) is 0.274. The van der Waals surface area contributed by atoms with Gasteiger partial charge in [0.05, 0.1) is 12.8 Å². The second-order valence-corrected chi connectivity index (χ2v) is 6.79. The molecule has 5 heteroatoms. The van der Waals surface area contributed by atoms with Gasteiger partial charge in [0.25, 0.3) is 0 Å². The molecular formula is C20H25N3O2. The van der Waals surface area contributed by atoms with Crippen LogP contribution in [0.1, 0.15) is 16.7 Å². The third-order valence-electron chi connectivity index (χ3n) is 4.71. The molecule has 2 amide bonds. The molecule has 5 nitrogen and oxygen atoms in total. The molecule has 1 aliphatic heterocycles. The van der Waals surface area contributed by atoms with Crippen LogP contribution in [0.25, 0.3) is 0 Å². The number of aryl methyl sites for hydroxylation is 2. The van der Waals surface area contributed by atoms with Gasteiger partial charge in [-0.2, -0.15) is 0 Å². The van der Waals surface area contributed by atoms with Crippen molar-refractivity contribution in [3.05, 3.63) is 59.4 Å². The van der Waals surface area contributed by atoms with Crippen molar-refractivity contribution < 1.29 is 9.59 Å². The van der Waals surface area contributed by atoms with E-state index in [1.165, 1.54) is 5.56 Å². The van der Waals surface area contributed by atoms with Gasteiger partial charge >= 0.3 is 0 Å². The Morgan fingerprint density at radius 1 is 0.840 bits per heavy atom. The summed E-state index contributed by atoms with van der Waals surface area (Å²) >= 11 is 0. The summed E-state index contributed by atoms with van der Waals surface area (Å²) in [5, 5.41) is 0. The first kappa shape index (κ1) is 17.3. The first-order valence-corrected chi connectivity index (χ1v) is 8.73. The third kappa shape index (κ3) is 4.50. The Bertz CT molecular complexity index is 741. The molecule has 1 aromatic heterocycles.